The van der Waals surface area contributed by atoms with Gasteiger partial charge in [0.05, 0.1) is 17.9 Å². The molecule has 2 aromatic rings. The van der Waals surface area contributed by atoms with Crippen molar-refractivity contribution in [2.24, 2.45) is 0 Å². The van der Waals surface area contributed by atoms with Crippen molar-refractivity contribution < 1.29 is 0 Å². The zero-order valence-electron chi connectivity index (χ0n) is 9.66. The predicted molar refractivity (Wildman–Crippen MR) is 67.5 cm³/mol. The van der Waals surface area contributed by atoms with Gasteiger partial charge in [-0.2, -0.15) is 5.10 Å². The Hall–Kier alpha value is -1.16. The molecule has 0 saturated heterocycles. The van der Waals surface area contributed by atoms with Gasteiger partial charge >= 0.3 is 0 Å². The Kier molecular flexibility index (Phi) is 3.10. The number of hydrogen-bond acceptors (Lipinski definition) is 2. The topological polar surface area (TPSA) is 30.7 Å². The zero-order chi connectivity index (χ0) is 11.7. The highest BCUT2D eigenvalue weighted by atomic mass is 79.9. The van der Waals surface area contributed by atoms with Gasteiger partial charge in [-0.15, -0.1) is 0 Å². The third kappa shape index (κ3) is 2.16. The van der Waals surface area contributed by atoms with E-state index in [1.165, 1.54) is 11.3 Å². The quantitative estimate of drug-likeness (QED) is 0.846. The maximum Gasteiger partial charge on any atom is 0.0834 e. The van der Waals surface area contributed by atoms with Crippen molar-refractivity contribution >= 4 is 15.9 Å². The Morgan fingerprint density at radius 2 is 2.00 bits per heavy atom. The van der Waals surface area contributed by atoms with Gasteiger partial charge in [-0.3, -0.25) is 9.67 Å². The van der Waals surface area contributed by atoms with Gasteiger partial charge in [-0.1, -0.05) is 0 Å². The van der Waals surface area contributed by atoms with Gasteiger partial charge in [0, 0.05) is 16.4 Å². The largest absolute Gasteiger partial charge is 0.263 e. The van der Waals surface area contributed by atoms with Gasteiger partial charge < -0.3 is 0 Å². The van der Waals surface area contributed by atoms with E-state index in [0.717, 1.165) is 22.4 Å². The fourth-order valence-electron chi connectivity index (χ4n) is 1.59. The third-order valence-electron chi connectivity index (χ3n) is 2.84. The van der Waals surface area contributed by atoms with Crippen molar-refractivity contribution in [3.8, 4) is 0 Å². The number of pyridine rings is 1. The van der Waals surface area contributed by atoms with Crippen molar-refractivity contribution in [1.82, 2.24) is 14.8 Å². The van der Waals surface area contributed by atoms with E-state index in [2.05, 4.69) is 39.9 Å². The standard InChI is InChI=1S/C12H14BrN3/c1-8-9(2)15-16(10(8)3)7-12-5-4-11(13)6-14-12/h4-6H,7H2,1-3H3. The Morgan fingerprint density at radius 3 is 2.50 bits per heavy atom. The molecule has 0 aliphatic rings. The van der Waals surface area contributed by atoms with E-state index in [0.29, 0.717) is 0 Å². The summed E-state index contributed by atoms with van der Waals surface area (Å²) in [6.45, 7) is 6.96. The highest BCUT2D eigenvalue weighted by Gasteiger charge is 2.07. The van der Waals surface area contributed by atoms with Crippen LogP contribution in [0.5, 0.6) is 0 Å². The van der Waals surface area contributed by atoms with Crippen LogP contribution in [0.3, 0.4) is 0 Å². The van der Waals surface area contributed by atoms with Crippen LogP contribution in [0.1, 0.15) is 22.6 Å². The van der Waals surface area contributed by atoms with Crippen LogP contribution in [-0.4, -0.2) is 14.8 Å². The van der Waals surface area contributed by atoms with Crippen LogP contribution >= 0.6 is 15.9 Å². The lowest BCUT2D eigenvalue weighted by molar-refractivity contribution is 0.646. The molecule has 0 radical (unpaired) electrons. The first kappa shape index (κ1) is 11.3. The fraction of sp³-hybridized carbons (Fsp3) is 0.333. The lowest BCUT2D eigenvalue weighted by Gasteiger charge is -2.04. The van der Waals surface area contributed by atoms with Gasteiger partial charge in [0.15, 0.2) is 0 Å². The molecule has 0 spiro atoms. The summed E-state index contributed by atoms with van der Waals surface area (Å²) in [4.78, 5) is 4.35. The van der Waals surface area contributed by atoms with Crippen LogP contribution in [0.25, 0.3) is 0 Å². The summed E-state index contributed by atoms with van der Waals surface area (Å²) >= 11 is 3.38. The summed E-state index contributed by atoms with van der Waals surface area (Å²) in [6, 6.07) is 4.01. The molecule has 0 aliphatic carbocycles. The number of rotatable bonds is 2. The monoisotopic (exact) mass is 279 g/mol. The molecule has 2 aromatic heterocycles. The molecular formula is C12H14BrN3. The minimum Gasteiger partial charge on any atom is -0.263 e. The molecule has 0 amide bonds. The normalized spacial score (nSPS) is 10.8. The molecule has 0 saturated carbocycles. The van der Waals surface area contributed by atoms with Gasteiger partial charge in [-0.05, 0) is 54.4 Å². The van der Waals surface area contributed by atoms with Crippen molar-refractivity contribution in [1.29, 1.82) is 0 Å². The fourth-order valence-corrected chi connectivity index (χ4v) is 1.83. The molecule has 0 unspecified atom stereocenters. The maximum absolute atomic E-state index is 4.49. The second-order valence-electron chi connectivity index (χ2n) is 3.92. The first-order chi connectivity index (χ1) is 7.58. The lowest BCUT2D eigenvalue weighted by Crippen LogP contribution is -2.05. The third-order valence-corrected chi connectivity index (χ3v) is 3.31. The number of nitrogens with zero attached hydrogens (tertiary/aromatic N) is 3. The average molecular weight is 280 g/mol. The van der Waals surface area contributed by atoms with Crippen molar-refractivity contribution in [3.05, 3.63) is 45.4 Å². The highest BCUT2D eigenvalue weighted by molar-refractivity contribution is 9.10. The molecule has 0 bridgehead atoms. The van der Waals surface area contributed by atoms with E-state index < -0.39 is 0 Å². The molecule has 0 atom stereocenters. The predicted octanol–water partition coefficient (Wildman–Crippen LogP) is 3.01. The van der Waals surface area contributed by atoms with Crippen LogP contribution in [0.15, 0.2) is 22.8 Å². The van der Waals surface area contributed by atoms with E-state index >= 15 is 0 Å². The van der Waals surface area contributed by atoms with Gasteiger partial charge in [0.1, 0.15) is 0 Å². The number of hydrogen-bond donors (Lipinski definition) is 0. The molecular weight excluding hydrogens is 266 g/mol. The van der Waals surface area contributed by atoms with Crippen LogP contribution in [0, 0.1) is 20.8 Å². The Labute approximate surface area is 104 Å². The van der Waals surface area contributed by atoms with Crippen LogP contribution < -0.4 is 0 Å². The van der Waals surface area contributed by atoms with Gasteiger partial charge in [0.25, 0.3) is 0 Å². The van der Waals surface area contributed by atoms with Crippen molar-refractivity contribution in [2.75, 3.05) is 0 Å². The molecule has 4 heteroatoms. The molecule has 0 N–H and O–H groups in total. The zero-order valence-corrected chi connectivity index (χ0v) is 11.2. The average Bonchev–Trinajstić information content (AvgIpc) is 2.50. The summed E-state index contributed by atoms with van der Waals surface area (Å²) in [7, 11) is 0. The van der Waals surface area contributed by atoms with Crippen molar-refractivity contribution in [3.63, 3.8) is 0 Å². The van der Waals surface area contributed by atoms with E-state index in [1.807, 2.05) is 29.9 Å². The van der Waals surface area contributed by atoms with E-state index in [-0.39, 0.29) is 0 Å². The van der Waals surface area contributed by atoms with Crippen LogP contribution in [0.2, 0.25) is 0 Å². The van der Waals surface area contributed by atoms with E-state index in [9.17, 15) is 0 Å². The Morgan fingerprint density at radius 1 is 1.25 bits per heavy atom. The highest BCUT2D eigenvalue weighted by Crippen LogP contribution is 2.13. The smallest absolute Gasteiger partial charge is 0.0834 e. The molecule has 3 nitrogen and oxygen atoms in total. The summed E-state index contributed by atoms with van der Waals surface area (Å²) < 4.78 is 3.00. The second kappa shape index (κ2) is 4.37. The summed E-state index contributed by atoms with van der Waals surface area (Å²) in [5, 5.41) is 4.49. The maximum atomic E-state index is 4.49. The molecule has 16 heavy (non-hydrogen) atoms. The molecule has 0 fully saturated rings. The summed E-state index contributed by atoms with van der Waals surface area (Å²) in [6.07, 6.45) is 1.81. The summed E-state index contributed by atoms with van der Waals surface area (Å²) in [5.41, 5.74) is 4.59. The SMILES string of the molecule is Cc1nn(Cc2ccc(Br)cn2)c(C)c1C. The number of aromatic nitrogens is 3. The lowest BCUT2D eigenvalue weighted by atomic mass is 10.2. The van der Waals surface area contributed by atoms with Crippen LogP contribution in [-0.2, 0) is 6.54 Å². The first-order valence-electron chi connectivity index (χ1n) is 5.19. The Balaban J connectivity index is 2.27. The number of halogens is 1. The van der Waals surface area contributed by atoms with E-state index in [1.54, 1.807) is 0 Å². The first-order valence-corrected chi connectivity index (χ1v) is 5.98. The summed E-state index contributed by atoms with van der Waals surface area (Å²) in [5.74, 6) is 0. The molecule has 2 heterocycles. The number of aryl methyl sites for hydroxylation is 1. The Bertz CT molecular complexity index is 500. The van der Waals surface area contributed by atoms with Crippen LogP contribution in [0.4, 0.5) is 0 Å². The van der Waals surface area contributed by atoms with E-state index in [4.69, 9.17) is 0 Å². The molecule has 0 aliphatic heterocycles. The minimum atomic E-state index is 0.730. The minimum absolute atomic E-state index is 0.730. The molecule has 84 valence electrons. The van der Waals surface area contributed by atoms with Gasteiger partial charge in [0.2, 0.25) is 0 Å². The molecule has 0 aromatic carbocycles. The van der Waals surface area contributed by atoms with Crippen molar-refractivity contribution in [2.45, 2.75) is 27.3 Å². The molecule has 2 rings (SSSR count). The second-order valence-corrected chi connectivity index (χ2v) is 4.84. The van der Waals surface area contributed by atoms with Gasteiger partial charge in [-0.25, -0.2) is 0 Å².